The van der Waals surface area contributed by atoms with Crippen molar-refractivity contribution in [2.45, 2.75) is 45.2 Å². The lowest BCUT2D eigenvalue weighted by molar-refractivity contribution is 0.279. The van der Waals surface area contributed by atoms with Crippen LogP contribution in [0.25, 0.3) is 10.9 Å². The van der Waals surface area contributed by atoms with E-state index in [1.165, 1.54) is 35.7 Å². The third kappa shape index (κ3) is 1.95. The second kappa shape index (κ2) is 4.13. The van der Waals surface area contributed by atoms with Crippen molar-refractivity contribution in [3.8, 4) is 0 Å². The van der Waals surface area contributed by atoms with Crippen molar-refractivity contribution in [3.05, 3.63) is 36.0 Å². The Bertz CT molecular complexity index is 556. The Hall–Kier alpha value is -1.28. The Morgan fingerprint density at radius 1 is 1.28 bits per heavy atom. The summed E-state index contributed by atoms with van der Waals surface area (Å²) >= 11 is 0. The fourth-order valence-electron chi connectivity index (χ4n) is 2.86. The molecule has 1 fully saturated rings. The van der Waals surface area contributed by atoms with Crippen LogP contribution >= 0.6 is 0 Å². The molecule has 0 bridgehead atoms. The van der Waals surface area contributed by atoms with Gasteiger partial charge in [0, 0.05) is 29.2 Å². The molecule has 1 aromatic carbocycles. The van der Waals surface area contributed by atoms with E-state index < -0.39 is 0 Å². The van der Waals surface area contributed by atoms with E-state index in [0.29, 0.717) is 0 Å². The molecule has 0 aliphatic heterocycles. The first-order valence-corrected chi connectivity index (χ1v) is 6.93. The van der Waals surface area contributed by atoms with Gasteiger partial charge in [-0.05, 0) is 44.2 Å². The highest BCUT2D eigenvalue weighted by Gasteiger charge is 2.23. The van der Waals surface area contributed by atoms with E-state index in [2.05, 4.69) is 48.9 Å². The minimum atomic E-state index is -0.273. The Balaban J connectivity index is 2.08. The molecule has 0 amide bonds. The monoisotopic (exact) mass is 242 g/mol. The number of nitrogens with two attached hydrogens (primary N) is 1. The van der Waals surface area contributed by atoms with Crippen LogP contribution in [0.1, 0.15) is 38.7 Å². The van der Waals surface area contributed by atoms with Gasteiger partial charge in [0.25, 0.3) is 0 Å². The van der Waals surface area contributed by atoms with Crippen molar-refractivity contribution >= 4 is 10.9 Å². The Morgan fingerprint density at radius 2 is 2.00 bits per heavy atom. The Labute approximate surface area is 109 Å². The zero-order valence-corrected chi connectivity index (χ0v) is 11.3. The molecule has 1 aliphatic rings. The average molecular weight is 242 g/mol. The van der Waals surface area contributed by atoms with Gasteiger partial charge in [0.05, 0.1) is 0 Å². The second-order valence-corrected chi connectivity index (χ2v) is 6.23. The summed E-state index contributed by atoms with van der Waals surface area (Å²) in [5, 5.41) is 1.31. The standard InChI is InChI=1S/C16H22N2/c1-16(2,17)14-11-18(10-12-6-5-7-12)15-9-4-3-8-13(14)15/h3-4,8-9,11-12H,5-7,10,17H2,1-2H3. The van der Waals surface area contributed by atoms with Gasteiger partial charge in [0.2, 0.25) is 0 Å². The van der Waals surface area contributed by atoms with Gasteiger partial charge >= 0.3 is 0 Å². The maximum Gasteiger partial charge on any atom is 0.0483 e. The summed E-state index contributed by atoms with van der Waals surface area (Å²) in [5.74, 6) is 0.870. The van der Waals surface area contributed by atoms with E-state index >= 15 is 0 Å². The van der Waals surface area contributed by atoms with Gasteiger partial charge in [-0.2, -0.15) is 0 Å². The van der Waals surface area contributed by atoms with E-state index in [4.69, 9.17) is 5.73 Å². The number of hydrogen-bond acceptors (Lipinski definition) is 1. The van der Waals surface area contributed by atoms with E-state index in [1.807, 2.05) is 0 Å². The number of nitrogens with zero attached hydrogens (tertiary/aromatic N) is 1. The summed E-state index contributed by atoms with van der Waals surface area (Å²) in [6, 6.07) is 8.62. The minimum Gasteiger partial charge on any atom is -0.347 e. The van der Waals surface area contributed by atoms with Crippen LogP contribution in [0, 0.1) is 5.92 Å². The number of rotatable bonds is 3. The Kier molecular flexibility index (Phi) is 2.70. The van der Waals surface area contributed by atoms with Gasteiger partial charge in [-0.3, -0.25) is 0 Å². The minimum absolute atomic E-state index is 0.273. The Morgan fingerprint density at radius 3 is 2.61 bits per heavy atom. The first-order chi connectivity index (χ1) is 8.55. The molecule has 96 valence electrons. The van der Waals surface area contributed by atoms with Crippen LogP contribution in [0.2, 0.25) is 0 Å². The van der Waals surface area contributed by atoms with Crippen molar-refractivity contribution in [3.63, 3.8) is 0 Å². The normalized spacial score (nSPS) is 17.1. The van der Waals surface area contributed by atoms with Gasteiger partial charge < -0.3 is 10.3 Å². The molecule has 0 saturated heterocycles. The molecule has 1 heterocycles. The molecular formula is C16H22N2. The van der Waals surface area contributed by atoms with Crippen molar-refractivity contribution in [1.82, 2.24) is 4.57 Å². The molecule has 3 rings (SSSR count). The molecule has 2 heteroatoms. The summed E-state index contributed by atoms with van der Waals surface area (Å²) < 4.78 is 2.41. The lowest BCUT2D eigenvalue weighted by atomic mass is 9.85. The number of hydrogen-bond donors (Lipinski definition) is 1. The fraction of sp³-hybridized carbons (Fsp3) is 0.500. The third-order valence-electron chi connectivity index (χ3n) is 4.16. The molecule has 1 saturated carbocycles. The lowest BCUT2D eigenvalue weighted by Crippen LogP contribution is -2.28. The van der Waals surface area contributed by atoms with Crippen LogP contribution in [0.4, 0.5) is 0 Å². The van der Waals surface area contributed by atoms with Crippen molar-refractivity contribution in [1.29, 1.82) is 0 Å². The van der Waals surface area contributed by atoms with E-state index in [1.54, 1.807) is 0 Å². The van der Waals surface area contributed by atoms with Gasteiger partial charge in [-0.1, -0.05) is 24.6 Å². The summed E-state index contributed by atoms with van der Waals surface area (Å²) in [6.07, 6.45) is 6.43. The number of benzene rings is 1. The van der Waals surface area contributed by atoms with Crippen LogP contribution in [0.15, 0.2) is 30.5 Å². The molecule has 1 aliphatic carbocycles. The van der Waals surface area contributed by atoms with Crippen molar-refractivity contribution < 1.29 is 0 Å². The topological polar surface area (TPSA) is 30.9 Å². The number of aromatic nitrogens is 1. The lowest BCUT2D eigenvalue weighted by Gasteiger charge is -2.26. The molecule has 2 N–H and O–H groups in total. The van der Waals surface area contributed by atoms with Crippen molar-refractivity contribution in [2.75, 3.05) is 0 Å². The molecule has 0 spiro atoms. The molecule has 0 atom stereocenters. The third-order valence-corrected chi connectivity index (χ3v) is 4.16. The van der Waals surface area contributed by atoms with Gasteiger partial charge in [0.1, 0.15) is 0 Å². The molecule has 2 aromatic rings. The summed E-state index contributed by atoms with van der Waals surface area (Å²) in [7, 11) is 0. The number of para-hydroxylation sites is 1. The van der Waals surface area contributed by atoms with Crippen LogP contribution in [-0.4, -0.2) is 4.57 Å². The fourth-order valence-corrected chi connectivity index (χ4v) is 2.86. The quantitative estimate of drug-likeness (QED) is 0.875. The molecule has 18 heavy (non-hydrogen) atoms. The highest BCUT2D eigenvalue weighted by atomic mass is 15.0. The number of fused-ring (bicyclic) bond motifs is 1. The predicted molar refractivity (Wildman–Crippen MR) is 76.5 cm³/mol. The summed E-state index contributed by atoms with van der Waals surface area (Å²) in [5.41, 5.74) is 8.62. The van der Waals surface area contributed by atoms with Crippen LogP contribution in [0.5, 0.6) is 0 Å². The first kappa shape index (κ1) is 11.8. The van der Waals surface area contributed by atoms with Gasteiger partial charge in [-0.15, -0.1) is 0 Å². The predicted octanol–water partition coefficient (Wildman–Crippen LogP) is 3.64. The molecule has 1 aromatic heterocycles. The summed E-state index contributed by atoms with van der Waals surface area (Å²) in [4.78, 5) is 0. The highest BCUT2D eigenvalue weighted by Crippen LogP contribution is 2.33. The largest absolute Gasteiger partial charge is 0.347 e. The molecule has 2 nitrogen and oxygen atoms in total. The average Bonchev–Trinajstić information content (AvgIpc) is 2.62. The maximum absolute atomic E-state index is 6.30. The smallest absolute Gasteiger partial charge is 0.0483 e. The SMILES string of the molecule is CC(C)(N)c1cn(CC2CCC2)c2ccccc12. The zero-order chi connectivity index (χ0) is 12.8. The van der Waals surface area contributed by atoms with E-state index in [-0.39, 0.29) is 5.54 Å². The first-order valence-electron chi connectivity index (χ1n) is 6.93. The zero-order valence-electron chi connectivity index (χ0n) is 11.3. The van der Waals surface area contributed by atoms with Crippen molar-refractivity contribution in [2.24, 2.45) is 11.7 Å². The maximum atomic E-state index is 6.30. The molecule has 0 radical (unpaired) electrons. The molecular weight excluding hydrogens is 220 g/mol. The van der Waals surface area contributed by atoms with Gasteiger partial charge in [-0.25, -0.2) is 0 Å². The highest BCUT2D eigenvalue weighted by molar-refractivity contribution is 5.84. The van der Waals surface area contributed by atoms with Crippen LogP contribution in [-0.2, 0) is 12.1 Å². The van der Waals surface area contributed by atoms with E-state index in [0.717, 1.165) is 12.5 Å². The van der Waals surface area contributed by atoms with Crippen LogP contribution < -0.4 is 5.73 Å². The molecule has 0 unspecified atom stereocenters. The summed E-state index contributed by atoms with van der Waals surface area (Å²) in [6.45, 7) is 5.32. The van der Waals surface area contributed by atoms with Crippen LogP contribution in [0.3, 0.4) is 0 Å². The van der Waals surface area contributed by atoms with E-state index in [9.17, 15) is 0 Å². The van der Waals surface area contributed by atoms with Gasteiger partial charge in [0.15, 0.2) is 0 Å². The second-order valence-electron chi connectivity index (χ2n) is 6.23.